The molecule has 0 saturated carbocycles. The van der Waals surface area contributed by atoms with Crippen LogP contribution < -0.4 is 4.90 Å². The van der Waals surface area contributed by atoms with Crippen LogP contribution in [0.1, 0.15) is 9.67 Å². The van der Waals surface area contributed by atoms with Gasteiger partial charge in [-0.2, -0.15) is 5.26 Å². The molecule has 0 aliphatic carbocycles. The zero-order chi connectivity index (χ0) is 17.1. The van der Waals surface area contributed by atoms with E-state index >= 15 is 0 Å². The Balaban J connectivity index is 1.76. The highest BCUT2D eigenvalue weighted by Gasteiger charge is 2.28. The van der Waals surface area contributed by atoms with Gasteiger partial charge in [0, 0.05) is 11.9 Å². The van der Waals surface area contributed by atoms with Crippen LogP contribution >= 0.6 is 23.1 Å². The Bertz CT molecular complexity index is 866. The largest absolute Gasteiger partial charge is 0.453 e. The van der Waals surface area contributed by atoms with E-state index in [1.54, 1.807) is 29.5 Å². The van der Waals surface area contributed by atoms with Crippen LogP contribution in [0.15, 0.2) is 57.3 Å². The Kier molecular flexibility index (Phi) is 4.69. The van der Waals surface area contributed by atoms with E-state index in [0.29, 0.717) is 9.91 Å². The predicted octanol–water partition coefficient (Wildman–Crippen LogP) is 3.45. The number of fused-ring (bicyclic) bond motifs is 1. The summed E-state index contributed by atoms with van der Waals surface area (Å²) in [5.41, 5.74) is 0.936. The van der Waals surface area contributed by atoms with Crippen molar-refractivity contribution in [3.05, 3.63) is 57.3 Å². The number of carbonyl (C=O) groups excluding carboxylic acids is 2. The molecule has 7 heteroatoms. The zero-order valence-corrected chi connectivity index (χ0v) is 14.3. The van der Waals surface area contributed by atoms with Crippen LogP contribution in [-0.4, -0.2) is 25.4 Å². The van der Waals surface area contributed by atoms with Crippen molar-refractivity contribution in [2.75, 3.05) is 18.6 Å². The smallest absolute Gasteiger partial charge is 0.348 e. The fraction of sp³-hybridized carbons (Fsp3) is 0.118. The van der Waals surface area contributed by atoms with E-state index in [-0.39, 0.29) is 5.57 Å². The number of para-hydroxylation sites is 1. The molecule has 1 aromatic heterocycles. The molecule has 0 N–H and O–H groups in total. The third kappa shape index (κ3) is 3.07. The Hall–Kier alpha value is -2.56. The number of thioether (sulfide) groups is 1. The highest BCUT2D eigenvalue weighted by molar-refractivity contribution is 8.03. The number of hydrogen-bond acceptors (Lipinski definition) is 7. The monoisotopic (exact) mass is 356 g/mol. The van der Waals surface area contributed by atoms with Crippen molar-refractivity contribution in [3.8, 4) is 6.07 Å². The van der Waals surface area contributed by atoms with Crippen molar-refractivity contribution in [2.45, 2.75) is 4.90 Å². The van der Waals surface area contributed by atoms with E-state index in [0.717, 1.165) is 10.6 Å². The molecule has 0 saturated heterocycles. The molecule has 1 aliphatic heterocycles. The summed E-state index contributed by atoms with van der Waals surface area (Å²) in [5.74, 6) is -1.07. The number of rotatable bonds is 4. The molecule has 0 amide bonds. The van der Waals surface area contributed by atoms with Gasteiger partial charge in [-0.1, -0.05) is 30.0 Å². The second kappa shape index (κ2) is 6.91. The summed E-state index contributed by atoms with van der Waals surface area (Å²) in [5, 5.41) is 11.7. The number of anilines is 1. The molecule has 0 unspecified atom stereocenters. The van der Waals surface area contributed by atoms with Gasteiger partial charge in [-0.25, -0.2) is 4.79 Å². The highest BCUT2D eigenvalue weighted by Crippen LogP contribution is 2.46. The van der Waals surface area contributed by atoms with E-state index in [1.807, 2.05) is 30.3 Å². The van der Waals surface area contributed by atoms with Gasteiger partial charge in [-0.3, -0.25) is 4.79 Å². The number of esters is 1. The van der Waals surface area contributed by atoms with Gasteiger partial charge in [0.2, 0.25) is 5.78 Å². The molecule has 2 heterocycles. The number of thiophene rings is 1. The van der Waals surface area contributed by atoms with Gasteiger partial charge in [0.25, 0.3) is 0 Å². The lowest BCUT2D eigenvalue weighted by molar-refractivity contribution is -0.118. The third-order valence-corrected chi connectivity index (χ3v) is 5.49. The number of ketones is 1. The second-order valence-electron chi connectivity index (χ2n) is 4.90. The van der Waals surface area contributed by atoms with Crippen LogP contribution in [0.4, 0.5) is 5.69 Å². The van der Waals surface area contributed by atoms with Crippen LogP contribution in [0.25, 0.3) is 0 Å². The molecule has 0 fully saturated rings. The molecule has 24 heavy (non-hydrogen) atoms. The summed E-state index contributed by atoms with van der Waals surface area (Å²) in [7, 11) is 1.80. The van der Waals surface area contributed by atoms with Crippen LogP contribution in [0, 0.1) is 11.3 Å². The van der Waals surface area contributed by atoms with E-state index in [9.17, 15) is 14.9 Å². The van der Waals surface area contributed by atoms with E-state index < -0.39 is 18.4 Å². The minimum absolute atomic E-state index is 0.00215. The molecule has 3 rings (SSSR count). The molecular weight excluding hydrogens is 344 g/mol. The summed E-state index contributed by atoms with van der Waals surface area (Å²) in [4.78, 5) is 27.4. The molecule has 0 atom stereocenters. The summed E-state index contributed by atoms with van der Waals surface area (Å²) in [6, 6.07) is 13.0. The molecule has 5 nitrogen and oxygen atoms in total. The quantitative estimate of drug-likeness (QED) is 0.475. The SMILES string of the molecule is CN1/C(=C(\C#N)C(=O)COC(=O)c2cccs2)Sc2ccccc21. The van der Waals surface area contributed by atoms with E-state index in [1.165, 1.54) is 23.1 Å². The highest BCUT2D eigenvalue weighted by atomic mass is 32.2. The number of Topliss-reactive ketones (excluding diaryl/α,β-unsaturated/α-hetero) is 1. The minimum atomic E-state index is -0.559. The molecule has 0 bridgehead atoms. The zero-order valence-electron chi connectivity index (χ0n) is 12.7. The lowest BCUT2D eigenvalue weighted by Gasteiger charge is -2.14. The summed E-state index contributed by atoms with van der Waals surface area (Å²) in [6.07, 6.45) is 0. The molecular formula is C17H12N2O3S2. The first-order chi connectivity index (χ1) is 11.6. The van der Waals surface area contributed by atoms with Crippen molar-refractivity contribution in [3.63, 3.8) is 0 Å². The minimum Gasteiger partial charge on any atom is -0.453 e. The maximum Gasteiger partial charge on any atom is 0.348 e. The van der Waals surface area contributed by atoms with Crippen LogP contribution in [0.2, 0.25) is 0 Å². The molecule has 1 aliphatic rings. The number of hydrogen-bond donors (Lipinski definition) is 0. The number of nitrogens with zero attached hydrogens (tertiary/aromatic N) is 2. The molecule has 120 valence electrons. The fourth-order valence-electron chi connectivity index (χ4n) is 2.22. The summed E-state index contributed by atoms with van der Waals surface area (Å²) in [6.45, 7) is -0.451. The standard InChI is InChI=1S/C17H12N2O3S2/c1-19-12-5-2-3-6-14(12)24-16(19)11(9-18)13(20)10-22-17(21)15-7-4-8-23-15/h2-8H,10H2,1H3/b16-11-. The van der Waals surface area contributed by atoms with Crippen LogP contribution in [-0.2, 0) is 9.53 Å². The van der Waals surface area contributed by atoms with Gasteiger partial charge in [0.15, 0.2) is 6.61 Å². The molecule has 0 radical (unpaired) electrons. The average molecular weight is 356 g/mol. The Morgan fingerprint density at radius 1 is 1.25 bits per heavy atom. The van der Waals surface area contributed by atoms with Crippen molar-refractivity contribution < 1.29 is 14.3 Å². The maximum atomic E-state index is 12.3. The van der Waals surface area contributed by atoms with Gasteiger partial charge in [0.1, 0.15) is 21.5 Å². The van der Waals surface area contributed by atoms with Crippen molar-refractivity contribution in [1.82, 2.24) is 0 Å². The average Bonchev–Trinajstić information content (AvgIpc) is 3.23. The summed E-state index contributed by atoms with van der Waals surface area (Å²) < 4.78 is 5.01. The normalized spacial score (nSPS) is 14.8. The first kappa shape index (κ1) is 16.3. The second-order valence-corrected chi connectivity index (χ2v) is 6.88. The first-order valence-electron chi connectivity index (χ1n) is 7.00. The molecule has 1 aromatic carbocycles. The lowest BCUT2D eigenvalue weighted by atomic mass is 10.2. The topological polar surface area (TPSA) is 70.4 Å². The Morgan fingerprint density at radius 2 is 2.04 bits per heavy atom. The van der Waals surface area contributed by atoms with Gasteiger partial charge >= 0.3 is 5.97 Å². The van der Waals surface area contributed by atoms with Gasteiger partial charge < -0.3 is 9.64 Å². The van der Waals surface area contributed by atoms with E-state index in [4.69, 9.17) is 4.74 Å². The van der Waals surface area contributed by atoms with Gasteiger partial charge in [-0.05, 0) is 23.6 Å². The number of ether oxygens (including phenoxy) is 1. The van der Waals surface area contributed by atoms with E-state index in [2.05, 4.69) is 0 Å². The first-order valence-corrected chi connectivity index (χ1v) is 8.70. The Labute approximate surface area is 147 Å². The maximum absolute atomic E-state index is 12.3. The van der Waals surface area contributed by atoms with Crippen molar-refractivity contribution in [1.29, 1.82) is 5.26 Å². The third-order valence-electron chi connectivity index (χ3n) is 3.40. The van der Waals surface area contributed by atoms with Crippen LogP contribution in [0.5, 0.6) is 0 Å². The number of benzene rings is 1. The lowest BCUT2D eigenvalue weighted by Crippen LogP contribution is -2.19. The number of nitriles is 1. The number of carbonyl (C=O) groups is 2. The van der Waals surface area contributed by atoms with Crippen molar-refractivity contribution >= 4 is 40.5 Å². The molecule has 0 spiro atoms. The van der Waals surface area contributed by atoms with Crippen molar-refractivity contribution in [2.24, 2.45) is 0 Å². The fourth-order valence-corrected chi connectivity index (χ4v) is 4.00. The summed E-state index contributed by atoms with van der Waals surface area (Å²) >= 11 is 2.60. The van der Waals surface area contributed by atoms with Gasteiger partial charge in [-0.15, -0.1) is 11.3 Å². The Morgan fingerprint density at radius 3 is 2.71 bits per heavy atom. The molecule has 2 aromatic rings. The van der Waals surface area contributed by atoms with Crippen LogP contribution in [0.3, 0.4) is 0 Å². The van der Waals surface area contributed by atoms with Gasteiger partial charge in [0.05, 0.1) is 5.69 Å². The predicted molar refractivity (Wildman–Crippen MR) is 92.9 cm³/mol.